The van der Waals surface area contributed by atoms with E-state index in [1.54, 1.807) is 19.9 Å². The third-order valence-corrected chi connectivity index (χ3v) is 6.38. The molecule has 0 saturated carbocycles. The van der Waals surface area contributed by atoms with Crippen molar-refractivity contribution in [2.45, 2.75) is 36.1 Å². The van der Waals surface area contributed by atoms with Crippen molar-refractivity contribution in [3.8, 4) is 0 Å². The third kappa shape index (κ3) is 3.53. The number of fused-ring (bicyclic) bond motifs is 1. The van der Waals surface area contributed by atoms with Gasteiger partial charge in [0.2, 0.25) is 11.8 Å². The standard InChI is InChI=1S/C19H23N3O4S/c1-19(2)15(18(25)26)22-16(24)14(17(22)27-19)20-13(23)10-7-11-5-8-12(9-6-11)21(3)4/h5-10,14-15,17H,1-4H3,(H,20,23)(H,25,26)/t14-,15+,17-/m1/s1. The zero-order chi connectivity index (χ0) is 19.9. The Morgan fingerprint density at radius 1 is 1.26 bits per heavy atom. The van der Waals surface area contributed by atoms with Gasteiger partial charge in [0.1, 0.15) is 17.5 Å². The molecule has 2 N–H and O–H groups in total. The Hall–Kier alpha value is -2.48. The van der Waals surface area contributed by atoms with E-state index in [1.165, 1.54) is 22.7 Å². The fourth-order valence-corrected chi connectivity index (χ4v) is 5.03. The predicted octanol–water partition coefficient (Wildman–Crippen LogP) is 1.40. The van der Waals surface area contributed by atoms with Gasteiger partial charge < -0.3 is 20.2 Å². The maximum atomic E-state index is 12.4. The van der Waals surface area contributed by atoms with Gasteiger partial charge in [0.15, 0.2) is 0 Å². The molecule has 0 unspecified atom stereocenters. The molecule has 7 nitrogen and oxygen atoms in total. The summed E-state index contributed by atoms with van der Waals surface area (Å²) >= 11 is 1.41. The van der Waals surface area contributed by atoms with Gasteiger partial charge in [-0.1, -0.05) is 12.1 Å². The maximum Gasteiger partial charge on any atom is 0.327 e. The quantitative estimate of drug-likeness (QED) is 0.584. The topological polar surface area (TPSA) is 90.0 Å². The van der Waals surface area contributed by atoms with E-state index in [4.69, 9.17) is 0 Å². The lowest BCUT2D eigenvalue weighted by Gasteiger charge is -2.43. The number of β-lactam (4-membered cyclic amide) rings is 1. The summed E-state index contributed by atoms with van der Waals surface area (Å²) in [6, 6.07) is 6.15. The molecule has 27 heavy (non-hydrogen) atoms. The number of carboxylic acid groups (broad SMARTS) is 1. The number of hydrogen-bond acceptors (Lipinski definition) is 5. The molecule has 0 radical (unpaired) electrons. The molecule has 0 aliphatic carbocycles. The number of rotatable bonds is 5. The highest BCUT2D eigenvalue weighted by atomic mass is 32.2. The van der Waals surface area contributed by atoms with Gasteiger partial charge in [-0.05, 0) is 37.6 Å². The molecule has 0 bridgehead atoms. The van der Waals surface area contributed by atoms with Crippen LogP contribution in [0.3, 0.4) is 0 Å². The van der Waals surface area contributed by atoms with Gasteiger partial charge in [-0.25, -0.2) is 4.79 Å². The Labute approximate surface area is 162 Å². The highest BCUT2D eigenvalue weighted by Gasteiger charge is 2.64. The number of nitrogens with zero attached hydrogens (tertiary/aromatic N) is 2. The molecular weight excluding hydrogens is 366 g/mol. The lowest BCUT2D eigenvalue weighted by molar-refractivity contribution is -0.160. The van der Waals surface area contributed by atoms with Gasteiger partial charge >= 0.3 is 5.97 Å². The molecule has 144 valence electrons. The van der Waals surface area contributed by atoms with E-state index < -0.39 is 22.8 Å². The molecule has 1 aromatic rings. The minimum absolute atomic E-state index is 0.342. The number of thioether (sulfide) groups is 1. The Balaban J connectivity index is 1.62. The summed E-state index contributed by atoms with van der Waals surface area (Å²) in [6.07, 6.45) is 3.07. The summed E-state index contributed by atoms with van der Waals surface area (Å²) in [5.74, 6) is -1.74. The minimum atomic E-state index is -1.02. The first kappa shape index (κ1) is 19.3. The van der Waals surface area contributed by atoms with Gasteiger partial charge in [-0.15, -0.1) is 11.8 Å². The van der Waals surface area contributed by atoms with Crippen molar-refractivity contribution in [1.82, 2.24) is 10.2 Å². The lowest BCUT2D eigenvalue weighted by Crippen LogP contribution is -2.70. The van der Waals surface area contributed by atoms with Gasteiger partial charge in [-0.3, -0.25) is 9.59 Å². The second kappa shape index (κ2) is 6.92. The van der Waals surface area contributed by atoms with Crippen LogP contribution < -0.4 is 10.2 Å². The molecule has 2 aliphatic rings. The van der Waals surface area contributed by atoms with Crippen LogP contribution in [0.25, 0.3) is 6.08 Å². The first-order valence-electron chi connectivity index (χ1n) is 8.60. The average molecular weight is 389 g/mol. The van der Waals surface area contributed by atoms with Crippen LogP contribution in [-0.4, -0.2) is 64.1 Å². The van der Waals surface area contributed by atoms with Crippen molar-refractivity contribution >= 4 is 41.3 Å². The van der Waals surface area contributed by atoms with Crippen LogP contribution in [0, 0.1) is 0 Å². The van der Waals surface area contributed by atoms with E-state index >= 15 is 0 Å². The van der Waals surface area contributed by atoms with Crippen molar-refractivity contribution in [3.63, 3.8) is 0 Å². The van der Waals surface area contributed by atoms with Crippen molar-refractivity contribution in [2.24, 2.45) is 0 Å². The summed E-state index contributed by atoms with van der Waals surface area (Å²) in [5.41, 5.74) is 1.94. The summed E-state index contributed by atoms with van der Waals surface area (Å²) in [7, 11) is 3.91. The van der Waals surface area contributed by atoms with E-state index in [9.17, 15) is 19.5 Å². The van der Waals surface area contributed by atoms with E-state index in [0.717, 1.165) is 11.3 Å². The third-order valence-electron chi connectivity index (χ3n) is 4.81. The molecule has 0 aromatic heterocycles. The monoisotopic (exact) mass is 389 g/mol. The zero-order valence-electron chi connectivity index (χ0n) is 15.7. The minimum Gasteiger partial charge on any atom is -0.480 e. The Bertz CT molecular complexity index is 804. The number of anilines is 1. The average Bonchev–Trinajstić information content (AvgIpc) is 2.86. The smallest absolute Gasteiger partial charge is 0.327 e. The molecule has 3 atom stereocenters. The molecule has 3 rings (SSSR count). The Kier molecular flexibility index (Phi) is 4.94. The Morgan fingerprint density at radius 2 is 1.89 bits per heavy atom. The molecule has 2 amide bonds. The maximum absolute atomic E-state index is 12.4. The molecule has 0 spiro atoms. The number of carbonyl (C=O) groups is 3. The van der Waals surface area contributed by atoms with Crippen molar-refractivity contribution in [3.05, 3.63) is 35.9 Å². The summed E-state index contributed by atoms with van der Waals surface area (Å²) < 4.78 is -0.602. The fraction of sp³-hybridized carbons (Fsp3) is 0.421. The van der Waals surface area contributed by atoms with Crippen LogP contribution in [0.2, 0.25) is 0 Å². The van der Waals surface area contributed by atoms with Gasteiger partial charge in [0.05, 0.1) is 0 Å². The molecular formula is C19H23N3O4S. The number of benzene rings is 1. The number of amides is 2. The normalized spacial score (nSPS) is 25.9. The van der Waals surface area contributed by atoms with E-state index in [0.29, 0.717) is 0 Å². The summed E-state index contributed by atoms with van der Waals surface area (Å²) in [6.45, 7) is 3.61. The van der Waals surface area contributed by atoms with Crippen molar-refractivity contribution < 1.29 is 19.5 Å². The van der Waals surface area contributed by atoms with Crippen molar-refractivity contribution in [2.75, 3.05) is 19.0 Å². The van der Waals surface area contributed by atoms with E-state index in [-0.39, 0.29) is 17.2 Å². The van der Waals surface area contributed by atoms with Crippen molar-refractivity contribution in [1.29, 1.82) is 0 Å². The molecule has 8 heteroatoms. The van der Waals surface area contributed by atoms with Gasteiger partial charge in [0, 0.05) is 30.6 Å². The highest BCUT2D eigenvalue weighted by molar-refractivity contribution is 8.01. The largest absolute Gasteiger partial charge is 0.480 e. The van der Waals surface area contributed by atoms with Gasteiger partial charge in [0.25, 0.3) is 0 Å². The second-order valence-corrected chi connectivity index (χ2v) is 9.17. The first-order valence-corrected chi connectivity index (χ1v) is 9.48. The summed E-state index contributed by atoms with van der Waals surface area (Å²) in [5, 5.41) is 11.8. The SMILES string of the molecule is CN(C)c1ccc(C=CC(=O)N[C@@H]2C(=O)N3[C@@H]2SC(C)(C)[C@@H]3C(=O)O)cc1. The highest BCUT2D eigenvalue weighted by Crippen LogP contribution is 2.50. The number of hydrogen-bond donors (Lipinski definition) is 2. The van der Waals surface area contributed by atoms with Gasteiger partial charge in [-0.2, -0.15) is 0 Å². The Morgan fingerprint density at radius 3 is 2.44 bits per heavy atom. The molecule has 1 aromatic carbocycles. The van der Waals surface area contributed by atoms with Crippen LogP contribution in [0.4, 0.5) is 5.69 Å². The van der Waals surface area contributed by atoms with Crippen LogP contribution >= 0.6 is 11.8 Å². The lowest BCUT2D eigenvalue weighted by atomic mass is 9.96. The number of nitrogens with one attached hydrogen (secondary N) is 1. The fourth-order valence-electron chi connectivity index (χ4n) is 3.40. The van der Waals surface area contributed by atoms with Crippen LogP contribution in [-0.2, 0) is 14.4 Å². The second-order valence-electron chi connectivity index (χ2n) is 7.40. The predicted molar refractivity (Wildman–Crippen MR) is 105 cm³/mol. The molecule has 2 heterocycles. The first-order chi connectivity index (χ1) is 12.6. The molecule has 2 aliphatic heterocycles. The van der Waals surface area contributed by atoms with E-state index in [1.807, 2.05) is 43.3 Å². The van der Waals surface area contributed by atoms with E-state index in [2.05, 4.69) is 5.32 Å². The zero-order valence-corrected chi connectivity index (χ0v) is 16.5. The van der Waals surface area contributed by atoms with Crippen LogP contribution in [0.15, 0.2) is 30.3 Å². The van der Waals surface area contributed by atoms with Crippen LogP contribution in [0.1, 0.15) is 19.4 Å². The molecule has 2 fully saturated rings. The number of carboxylic acids is 1. The number of aliphatic carboxylic acids is 1. The molecule has 2 saturated heterocycles. The summed E-state index contributed by atoms with van der Waals surface area (Å²) in [4.78, 5) is 39.4. The van der Waals surface area contributed by atoms with Crippen LogP contribution in [0.5, 0.6) is 0 Å². The number of carbonyl (C=O) groups excluding carboxylic acids is 2.